The summed E-state index contributed by atoms with van der Waals surface area (Å²) in [7, 11) is 0. The molecule has 0 N–H and O–H groups in total. The van der Waals surface area contributed by atoms with E-state index in [1.165, 1.54) is 34.3 Å². The zero-order valence-corrected chi connectivity index (χ0v) is 17.2. The van der Waals surface area contributed by atoms with Gasteiger partial charge >= 0.3 is 0 Å². The highest BCUT2D eigenvalue weighted by molar-refractivity contribution is 7.99. The van der Waals surface area contributed by atoms with Crippen molar-refractivity contribution in [3.05, 3.63) is 56.4 Å². The lowest BCUT2D eigenvalue weighted by Crippen LogP contribution is -2.25. The summed E-state index contributed by atoms with van der Waals surface area (Å²) in [5.74, 6) is 0.610. The number of halogens is 1. The number of thiophene rings is 1. The van der Waals surface area contributed by atoms with Crippen molar-refractivity contribution in [2.24, 2.45) is 5.92 Å². The second-order valence-corrected chi connectivity index (χ2v) is 9.23. The summed E-state index contributed by atoms with van der Waals surface area (Å²) < 4.78 is 14.8. The van der Waals surface area contributed by atoms with Crippen LogP contribution in [-0.2, 0) is 25.8 Å². The average molecular weight is 414 g/mol. The lowest BCUT2D eigenvalue weighted by Gasteiger charge is -2.17. The molecule has 28 heavy (non-hydrogen) atoms. The molecule has 4 nitrogen and oxygen atoms in total. The average Bonchev–Trinajstić information content (AvgIpc) is 3.04. The number of aryl methyl sites for hydroxylation is 2. The lowest BCUT2D eigenvalue weighted by atomic mass is 9.89. The minimum atomic E-state index is -0.270. The van der Waals surface area contributed by atoms with Crippen LogP contribution in [0.25, 0.3) is 10.2 Å². The van der Waals surface area contributed by atoms with Gasteiger partial charge in [-0.1, -0.05) is 30.8 Å². The maximum absolute atomic E-state index is 13.4. The Labute approximate surface area is 171 Å². The number of thioether (sulfide) groups is 1. The molecule has 1 aromatic carbocycles. The highest BCUT2D eigenvalue weighted by Gasteiger charge is 2.24. The molecule has 0 spiro atoms. The van der Waals surface area contributed by atoms with E-state index in [1.54, 1.807) is 28.0 Å². The Balaban J connectivity index is 1.76. The van der Waals surface area contributed by atoms with Gasteiger partial charge < -0.3 is 0 Å². The van der Waals surface area contributed by atoms with E-state index < -0.39 is 0 Å². The van der Waals surface area contributed by atoms with Gasteiger partial charge in [0.05, 0.1) is 17.2 Å². The van der Waals surface area contributed by atoms with Crippen LogP contribution in [-0.4, -0.2) is 15.3 Å². The number of nitriles is 1. The Morgan fingerprint density at radius 2 is 2.18 bits per heavy atom. The Hall–Kier alpha value is -2.17. The fourth-order valence-electron chi connectivity index (χ4n) is 3.70. The molecule has 0 saturated carbocycles. The third kappa shape index (κ3) is 3.71. The quantitative estimate of drug-likeness (QED) is 0.454. The molecule has 3 aromatic rings. The van der Waals surface area contributed by atoms with Crippen LogP contribution in [0.15, 0.2) is 34.2 Å². The van der Waals surface area contributed by atoms with Crippen LogP contribution in [0.3, 0.4) is 0 Å². The van der Waals surface area contributed by atoms with E-state index in [9.17, 15) is 9.18 Å². The zero-order valence-electron chi connectivity index (χ0n) is 15.6. The van der Waals surface area contributed by atoms with Crippen molar-refractivity contribution >= 4 is 33.3 Å². The predicted molar refractivity (Wildman–Crippen MR) is 112 cm³/mol. The van der Waals surface area contributed by atoms with E-state index in [2.05, 4.69) is 13.0 Å². The summed E-state index contributed by atoms with van der Waals surface area (Å²) >= 11 is 2.93. The lowest BCUT2D eigenvalue weighted by molar-refractivity contribution is 0.508. The Bertz CT molecular complexity index is 1110. The Morgan fingerprint density at radius 1 is 1.39 bits per heavy atom. The maximum atomic E-state index is 13.4. The molecule has 0 radical (unpaired) electrons. The van der Waals surface area contributed by atoms with Gasteiger partial charge in [-0.05, 0) is 54.9 Å². The van der Waals surface area contributed by atoms with Gasteiger partial charge in [0.15, 0.2) is 5.16 Å². The fourth-order valence-corrected chi connectivity index (χ4v) is 5.81. The smallest absolute Gasteiger partial charge is 0.263 e. The minimum Gasteiger partial charge on any atom is -0.287 e. The minimum absolute atomic E-state index is 0.0143. The summed E-state index contributed by atoms with van der Waals surface area (Å²) in [4.78, 5) is 20.2. The number of benzene rings is 1. The van der Waals surface area contributed by atoms with E-state index in [0.717, 1.165) is 35.0 Å². The van der Waals surface area contributed by atoms with Gasteiger partial charge in [-0.2, -0.15) is 5.26 Å². The van der Waals surface area contributed by atoms with Gasteiger partial charge in [0, 0.05) is 11.4 Å². The van der Waals surface area contributed by atoms with Gasteiger partial charge in [0.25, 0.3) is 5.56 Å². The first-order valence-electron chi connectivity index (χ1n) is 9.36. The molecule has 1 atom stereocenters. The van der Waals surface area contributed by atoms with Crippen molar-refractivity contribution in [3.8, 4) is 6.07 Å². The van der Waals surface area contributed by atoms with E-state index >= 15 is 0 Å². The van der Waals surface area contributed by atoms with Crippen molar-refractivity contribution in [1.82, 2.24) is 9.55 Å². The summed E-state index contributed by atoms with van der Waals surface area (Å²) in [6.07, 6.45) is 3.64. The molecule has 0 amide bonds. The van der Waals surface area contributed by atoms with Crippen molar-refractivity contribution in [3.63, 3.8) is 0 Å². The van der Waals surface area contributed by atoms with E-state index in [4.69, 9.17) is 10.2 Å². The number of rotatable bonds is 5. The van der Waals surface area contributed by atoms with Crippen molar-refractivity contribution in [1.29, 1.82) is 5.26 Å². The molecule has 7 heteroatoms. The molecule has 1 aliphatic rings. The van der Waals surface area contributed by atoms with Crippen molar-refractivity contribution in [2.75, 3.05) is 5.75 Å². The SMILES string of the molecule is C[C@@H]1CCc2c(sc3nc(SCC#N)n(CCc4ccc(F)cc4)c(=O)c23)C1. The Kier molecular flexibility index (Phi) is 5.51. The number of nitrogens with zero attached hydrogens (tertiary/aromatic N) is 3. The standard InChI is InChI=1S/C21H20FN3OS2/c1-13-2-7-16-17(12-13)28-19-18(16)20(26)25(21(24-19)27-11-9-23)10-8-14-3-5-15(22)6-4-14/h3-6,13H,2,7-8,10-12H2,1H3/t13-/m1/s1. The van der Waals surface area contributed by atoms with Crippen LogP contribution in [0.1, 0.15) is 29.3 Å². The number of aromatic nitrogens is 2. The van der Waals surface area contributed by atoms with Crippen LogP contribution < -0.4 is 5.56 Å². The zero-order chi connectivity index (χ0) is 19.7. The molecule has 4 rings (SSSR count). The Morgan fingerprint density at radius 3 is 2.93 bits per heavy atom. The molecular formula is C21H20FN3OS2. The molecule has 1 aliphatic carbocycles. The number of hydrogen-bond acceptors (Lipinski definition) is 5. The van der Waals surface area contributed by atoms with Gasteiger partial charge in [0.1, 0.15) is 10.6 Å². The third-order valence-corrected chi connectivity index (χ3v) is 7.17. The monoisotopic (exact) mass is 413 g/mol. The molecule has 0 bridgehead atoms. The van der Waals surface area contributed by atoms with Crippen LogP contribution in [0.5, 0.6) is 0 Å². The van der Waals surface area contributed by atoms with Gasteiger partial charge in [-0.25, -0.2) is 9.37 Å². The van der Waals surface area contributed by atoms with Gasteiger partial charge in [0.2, 0.25) is 0 Å². The highest BCUT2D eigenvalue weighted by Crippen LogP contribution is 2.36. The fraction of sp³-hybridized carbons (Fsp3) is 0.381. The van der Waals surface area contributed by atoms with Crippen LogP contribution >= 0.6 is 23.1 Å². The van der Waals surface area contributed by atoms with Crippen LogP contribution in [0, 0.1) is 23.1 Å². The first-order valence-corrected chi connectivity index (χ1v) is 11.2. The number of fused-ring (bicyclic) bond motifs is 3. The van der Waals surface area contributed by atoms with Crippen LogP contribution in [0.2, 0.25) is 0 Å². The van der Waals surface area contributed by atoms with Crippen LogP contribution in [0.4, 0.5) is 4.39 Å². The second kappa shape index (κ2) is 8.06. The molecule has 144 valence electrons. The maximum Gasteiger partial charge on any atom is 0.263 e. The van der Waals surface area contributed by atoms with E-state index in [0.29, 0.717) is 24.0 Å². The number of hydrogen-bond donors (Lipinski definition) is 0. The summed E-state index contributed by atoms with van der Waals surface area (Å²) in [6.45, 7) is 2.71. The van der Waals surface area contributed by atoms with Gasteiger partial charge in [-0.15, -0.1) is 11.3 Å². The molecular weight excluding hydrogens is 393 g/mol. The van der Waals surface area contributed by atoms with E-state index in [-0.39, 0.29) is 17.1 Å². The second-order valence-electron chi connectivity index (χ2n) is 7.21. The third-order valence-electron chi connectivity index (χ3n) is 5.18. The van der Waals surface area contributed by atoms with E-state index in [1.807, 2.05) is 0 Å². The topological polar surface area (TPSA) is 58.7 Å². The normalized spacial score (nSPS) is 16.1. The van der Waals surface area contributed by atoms with Crippen molar-refractivity contribution < 1.29 is 4.39 Å². The molecule has 0 unspecified atom stereocenters. The van der Waals surface area contributed by atoms with Gasteiger partial charge in [-0.3, -0.25) is 9.36 Å². The summed E-state index contributed by atoms with van der Waals surface area (Å²) in [5.41, 5.74) is 2.12. The molecule has 2 aromatic heterocycles. The highest BCUT2D eigenvalue weighted by atomic mass is 32.2. The molecule has 2 heterocycles. The molecule has 0 fully saturated rings. The predicted octanol–water partition coefficient (Wildman–Crippen LogP) is 4.58. The summed E-state index contributed by atoms with van der Waals surface area (Å²) in [5, 5.41) is 10.3. The molecule has 0 saturated heterocycles. The first-order chi connectivity index (χ1) is 13.6. The molecule has 0 aliphatic heterocycles. The first kappa shape index (κ1) is 19.2. The summed E-state index contributed by atoms with van der Waals surface area (Å²) in [6, 6.07) is 8.46. The largest absolute Gasteiger partial charge is 0.287 e. The van der Waals surface area contributed by atoms with Crippen molar-refractivity contribution in [2.45, 2.75) is 44.3 Å².